The van der Waals surface area contributed by atoms with Gasteiger partial charge in [0.15, 0.2) is 0 Å². The first kappa shape index (κ1) is 20.9. The van der Waals surface area contributed by atoms with Crippen molar-refractivity contribution in [1.82, 2.24) is 9.78 Å². The van der Waals surface area contributed by atoms with Crippen LogP contribution in [0.4, 0.5) is 5.69 Å². The summed E-state index contributed by atoms with van der Waals surface area (Å²) in [6.07, 6.45) is 4.70. The van der Waals surface area contributed by atoms with Gasteiger partial charge in [-0.25, -0.2) is 4.68 Å². The summed E-state index contributed by atoms with van der Waals surface area (Å²) in [6, 6.07) is 5.93. The van der Waals surface area contributed by atoms with Gasteiger partial charge in [0, 0.05) is 24.2 Å². The number of nitrogens with one attached hydrogen (secondary N) is 1. The molecule has 1 aromatic heterocycles. The van der Waals surface area contributed by atoms with E-state index in [1.54, 1.807) is 0 Å². The van der Waals surface area contributed by atoms with Crippen molar-refractivity contribution in [2.24, 2.45) is 0 Å². The van der Waals surface area contributed by atoms with E-state index >= 15 is 0 Å². The molecule has 1 aromatic carbocycles. The molecule has 0 spiro atoms. The molecular weight excluding hydrogens is 338 g/mol. The van der Waals surface area contributed by atoms with Gasteiger partial charge in [-0.3, -0.25) is 9.59 Å². The number of rotatable bonds is 8. The van der Waals surface area contributed by atoms with Crippen LogP contribution in [0.1, 0.15) is 71.9 Å². The number of hydrogen-bond acceptors (Lipinski definition) is 3. The normalized spacial score (nSPS) is 10.9. The fraction of sp³-hybridized carbons (Fsp3) is 0.500. The Labute approximate surface area is 162 Å². The average Bonchev–Trinajstić information content (AvgIpc) is 2.91. The fourth-order valence-corrected chi connectivity index (χ4v) is 3.24. The van der Waals surface area contributed by atoms with Crippen LogP contribution in [0.2, 0.25) is 0 Å². The van der Waals surface area contributed by atoms with Gasteiger partial charge < -0.3 is 5.32 Å². The van der Waals surface area contributed by atoms with Crippen LogP contribution in [-0.2, 0) is 11.2 Å². The van der Waals surface area contributed by atoms with Crippen LogP contribution in [0.3, 0.4) is 0 Å². The first-order valence-corrected chi connectivity index (χ1v) is 9.78. The van der Waals surface area contributed by atoms with Crippen LogP contribution in [0.5, 0.6) is 0 Å². The number of carbonyl (C=O) groups is 2. The second-order valence-corrected chi connectivity index (χ2v) is 7.28. The van der Waals surface area contributed by atoms with E-state index in [-0.39, 0.29) is 24.7 Å². The van der Waals surface area contributed by atoms with Gasteiger partial charge in [-0.1, -0.05) is 31.9 Å². The summed E-state index contributed by atoms with van der Waals surface area (Å²) >= 11 is 0. The van der Waals surface area contributed by atoms with Crippen molar-refractivity contribution in [1.29, 1.82) is 0 Å². The summed E-state index contributed by atoms with van der Waals surface area (Å²) in [5, 5.41) is 7.31. The van der Waals surface area contributed by atoms with Crippen LogP contribution >= 0.6 is 0 Å². The van der Waals surface area contributed by atoms with E-state index in [0.717, 1.165) is 46.6 Å². The molecule has 0 aliphatic heterocycles. The van der Waals surface area contributed by atoms with Gasteiger partial charge in [-0.05, 0) is 63.3 Å². The topological polar surface area (TPSA) is 64.0 Å². The summed E-state index contributed by atoms with van der Waals surface area (Å²) in [4.78, 5) is 24.8. The van der Waals surface area contributed by atoms with Crippen LogP contribution in [-0.4, -0.2) is 21.6 Å². The molecule has 0 atom stereocenters. The predicted octanol–water partition coefficient (Wildman–Crippen LogP) is 4.91. The molecule has 27 heavy (non-hydrogen) atoms. The van der Waals surface area contributed by atoms with Crippen molar-refractivity contribution in [3.05, 3.63) is 46.3 Å². The van der Waals surface area contributed by atoms with Crippen LogP contribution in [0, 0.1) is 27.7 Å². The van der Waals surface area contributed by atoms with Crippen LogP contribution in [0.25, 0.3) is 0 Å². The molecule has 1 N–H and O–H groups in total. The van der Waals surface area contributed by atoms with Gasteiger partial charge in [0.2, 0.25) is 11.8 Å². The highest BCUT2D eigenvalue weighted by Gasteiger charge is 2.17. The largest absolute Gasteiger partial charge is 0.326 e. The van der Waals surface area contributed by atoms with Crippen molar-refractivity contribution < 1.29 is 9.59 Å². The molecule has 0 saturated heterocycles. The van der Waals surface area contributed by atoms with E-state index in [0.29, 0.717) is 0 Å². The molecule has 5 nitrogen and oxygen atoms in total. The van der Waals surface area contributed by atoms with E-state index < -0.39 is 0 Å². The lowest BCUT2D eigenvalue weighted by atomic mass is 10.1. The Kier molecular flexibility index (Phi) is 7.34. The Hall–Kier alpha value is -2.43. The third-order valence-corrected chi connectivity index (χ3v) is 4.94. The minimum atomic E-state index is -0.151. The first-order valence-electron chi connectivity index (χ1n) is 9.78. The molecule has 0 aliphatic carbocycles. The minimum absolute atomic E-state index is 0.131. The van der Waals surface area contributed by atoms with Gasteiger partial charge in [0.05, 0.1) is 5.69 Å². The Balaban J connectivity index is 1.96. The number of aromatic nitrogens is 2. The quantitative estimate of drug-likeness (QED) is 0.673. The summed E-state index contributed by atoms with van der Waals surface area (Å²) in [7, 11) is 0. The molecule has 2 rings (SSSR count). The lowest BCUT2D eigenvalue weighted by Crippen LogP contribution is -2.19. The number of hydrogen-bond donors (Lipinski definition) is 1. The van der Waals surface area contributed by atoms with Crippen molar-refractivity contribution in [3.63, 3.8) is 0 Å². The maximum atomic E-state index is 12.6. The lowest BCUT2D eigenvalue weighted by molar-refractivity contribution is -0.116. The highest BCUT2D eigenvalue weighted by atomic mass is 16.2. The molecular formula is C22H31N3O2. The van der Waals surface area contributed by atoms with Gasteiger partial charge in [0.25, 0.3) is 0 Å². The van der Waals surface area contributed by atoms with Gasteiger partial charge >= 0.3 is 0 Å². The van der Waals surface area contributed by atoms with E-state index in [9.17, 15) is 9.59 Å². The molecule has 2 aromatic rings. The molecule has 146 valence electrons. The van der Waals surface area contributed by atoms with Gasteiger partial charge in [-0.2, -0.15) is 5.10 Å². The second-order valence-electron chi connectivity index (χ2n) is 7.28. The number of anilines is 1. The highest BCUT2D eigenvalue weighted by molar-refractivity contribution is 5.94. The standard InChI is InChI=1S/C22H31N3O2/c1-6-7-8-9-19-17(4)24-25(18(19)5)22(27)13-12-21(26)23-20-14-15(2)10-11-16(20)3/h10-11,14H,6-9,12-13H2,1-5H3,(H,23,26). The maximum absolute atomic E-state index is 12.6. The maximum Gasteiger partial charge on any atom is 0.247 e. The number of benzene rings is 1. The zero-order chi connectivity index (χ0) is 20.0. The summed E-state index contributed by atoms with van der Waals surface area (Å²) in [6.45, 7) is 10.0. The molecule has 0 fully saturated rings. The smallest absolute Gasteiger partial charge is 0.247 e. The minimum Gasteiger partial charge on any atom is -0.326 e. The Morgan fingerprint density at radius 3 is 2.52 bits per heavy atom. The molecule has 1 heterocycles. The lowest BCUT2D eigenvalue weighted by Gasteiger charge is -2.09. The molecule has 5 heteroatoms. The third kappa shape index (κ3) is 5.52. The van der Waals surface area contributed by atoms with E-state index in [4.69, 9.17) is 0 Å². The Bertz CT molecular complexity index is 821. The number of carbonyl (C=O) groups excluding carboxylic acids is 2. The Morgan fingerprint density at radius 1 is 1.07 bits per heavy atom. The molecule has 0 aliphatic rings. The number of nitrogens with zero attached hydrogens (tertiary/aromatic N) is 2. The van der Waals surface area contributed by atoms with Gasteiger partial charge in [-0.15, -0.1) is 0 Å². The molecule has 0 bridgehead atoms. The average molecular weight is 370 g/mol. The van der Waals surface area contributed by atoms with E-state index in [1.165, 1.54) is 17.5 Å². The van der Waals surface area contributed by atoms with Crippen LogP contribution < -0.4 is 5.32 Å². The van der Waals surface area contributed by atoms with E-state index in [2.05, 4.69) is 17.3 Å². The zero-order valence-corrected chi connectivity index (χ0v) is 17.2. The van der Waals surface area contributed by atoms with Crippen molar-refractivity contribution in [3.8, 4) is 0 Å². The molecule has 0 saturated carbocycles. The third-order valence-electron chi connectivity index (χ3n) is 4.94. The molecule has 1 amide bonds. The van der Waals surface area contributed by atoms with Gasteiger partial charge in [0.1, 0.15) is 0 Å². The molecule has 0 unspecified atom stereocenters. The number of amides is 1. The fourth-order valence-electron chi connectivity index (χ4n) is 3.24. The summed E-state index contributed by atoms with van der Waals surface area (Å²) < 4.78 is 1.47. The SMILES string of the molecule is CCCCCc1c(C)nn(C(=O)CCC(=O)Nc2cc(C)ccc2C)c1C. The number of unbranched alkanes of at least 4 members (excludes halogenated alkanes) is 2. The van der Waals surface area contributed by atoms with Crippen molar-refractivity contribution >= 4 is 17.5 Å². The van der Waals surface area contributed by atoms with Crippen LogP contribution in [0.15, 0.2) is 18.2 Å². The first-order chi connectivity index (χ1) is 12.8. The van der Waals surface area contributed by atoms with Crippen molar-refractivity contribution in [2.45, 2.75) is 73.1 Å². The number of aryl methyl sites for hydroxylation is 3. The van der Waals surface area contributed by atoms with E-state index in [1.807, 2.05) is 45.9 Å². The highest BCUT2D eigenvalue weighted by Crippen LogP contribution is 2.18. The Morgan fingerprint density at radius 2 is 1.81 bits per heavy atom. The zero-order valence-electron chi connectivity index (χ0n) is 17.2. The summed E-state index contributed by atoms with van der Waals surface area (Å²) in [5.41, 5.74) is 5.88. The van der Waals surface area contributed by atoms with Crippen molar-refractivity contribution in [2.75, 3.05) is 5.32 Å². The second kappa shape index (κ2) is 9.49. The molecule has 0 radical (unpaired) electrons. The monoisotopic (exact) mass is 369 g/mol. The summed E-state index contributed by atoms with van der Waals surface area (Å²) in [5.74, 6) is -0.282. The predicted molar refractivity (Wildman–Crippen MR) is 109 cm³/mol.